The second-order valence-corrected chi connectivity index (χ2v) is 6.83. The summed E-state index contributed by atoms with van der Waals surface area (Å²) in [4.78, 5) is 35.7. The predicted octanol–water partition coefficient (Wildman–Crippen LogP) is 3.51. The van der Waals surface area contributed by atoms with Crippen LogP contribution in [-0.4, -0.2) is 27.9 Å². The highest BCUT2D eigenvalue weighted by Gasteiger charge is 2.55. The van der Waals surface area contributed by atoms with E-state index >= 15 is 0 Å². The number of carbonyl (C=O) groups excluding carboxylic acids is 1. The molecular weight excluding hydrogens is 284 g/mol. The zero-order valence-corrected chi connectivity index (χ0v) is 13.6. The molecule has 2 unspecified atom stereocenters. The van der Waals surface area contributed by atoms with E-state index in [-0.39, 0.29) is 19.3 Å². The topological polar surface area (TPSA) is 91.7 Å². The van der Waals surface area contributed by atoms with Crippen molar-refractivity contribution in [1.29, 1.82) is 0 Å². The first-order chi connectivity index (χ1) is 10.3. The Kier molecular flexibility index (Phi) is 7.04. The fourth-order valence-electron chi connectivity index (χ4n) is 3.45. The minimum absolute atomic E-state index is 0.157. The maximum absolute atomic E-state index is 12.5. The van der Waals surface area contributed by atoms with Gasteiger partial charge in [-0.1, -0.05) is 46.0 Å². The number of hydrogen-bond donors (Lipinski definition) is 2. The van der Waals surface area contributed by atoms with Crippen molar-refractivity contribution in [1.82, 2.24) is 0 Å². The summed E-state index contributed by atoms with van der Waals surface area (Å²) in [5.74, 6) is -3.27. The highest BCUT2D eigenvalue weighted by molar-refractivity contribution is 6.06. The summed E-state index contributed by atoms with van der Waals surface area (Å²) in [6, 6.07) is 0. The Balaban J connectivity index is 2.70. The van der Waals surface area contributed by atoms with Gasteiger partial charge in [-0.15, -0.1) is 0 Å². The van der Waals surface area contributed by atoms with Crippen LogP contribution in [0.15, 0.2) is 0 Å². The second-order valence-electron chi connectivity index (χ2n) is 6.83. The molecule has 0 radical (unpaired) electrons. The van der Waals surface area contributed by atoms with Crippen molar-refractivity contribution in [2.24, 2.45) is 17.3 Å². The van der Waals surface area contributed by atoms with Crippen molar-refractivity contribution in [3.8, 4) is 0 Å². The minimum atomic E-state index is -1.71. The molecule has 2 N–H and O–H groups in total. The number of aliphatic carboxylic acids is 2. The lowest BCUT2D eigenvalue weighted by atomic mass is 9.63. The third kappa shape index (κ3) is 4.31. The largest absolute Gasteiger partial charge is 0.481 e. The molecule has 0 aromatic heterocycles. The molecular formula is C17H28O5. The molecule has 5 nitrogen and oxygen atoms in total. The molecule has 1 aliphatic rings. The summed E-state index contributed by atoms with van der Waals surface area (Å²) < 4.78 is 0. The van der Waals surface area contributed by atoms with Gasteiger partial charge in [0.15, 0.2) is 5.78 Å². The van der Waals surface area contributed by atoms with E-state index in [2.05, 4.69) is 13.8 Å². The first-order valence-electron chi connectivity index (χ1n) is 8.32. The van der Waals surface area contributed by atoms with Crippen LogP contribution in [0.25, 0.3) is 0 Å². The van der Waals surface area contributed by atoms with Gasteiger partial charge in [0, 0.05) is 6.42 Å². The van der Waals surface area contributed by atoms with E-state index in [4.69, 9.17) is 0 Å². The van der Waals surface area contributed by atoms with Crippen LogP contribution in [0.1, 0.15) is 71.6 Å². The van der Waals surface area contributed by atoms with Gasteiger partial charge in [0.2, 0.25) is 0 Å². The fourth-order valence-corrected chi connectivity index (χ4v) is 3.45. The lowest BCUT2D eigenvalue weighted by molar-refractivity contribution is -0.171. The van der Waals surface area contributed by atoms with Crippen LogP contribution in [0.4, 0.5) is 0 Å². The molecule has 1 saturated carbocycles. The van der Waals surface area contributed by atoms with E-state index in [9.17, 15) is 24.6 Å². The van der Waals surface area contributed by atoms with E-state index in [1.165, 1.54) is 0 Å². The van der Waals surface area contributed by atoms with Crippen molar-refractivity contribution in [2.75, 3.05) is 0 Å². The number of ketones is 1. The molecule has 0 spiro atoms. The van der Waals surface area contributed by atoms with Crippen LogP contribution in [0, 0.1) is 17.3 Å². The number of carboxylic acids is 2. The molecule has 1 rings (SSSR count). The molecule has 0 amide bonds. The molecule has 2 atom stereocenters. The maximum Gasteiger partial charge on any atom is 0.318 e. The first-order valence-corrected chi connectivity index (χ1v) is 8.32. The summed E-state index contributed by atoms with van der Waals surface area (Å²) in [6.45, 7) is 4.29. The monoisotopic (exact) mass is 312 g/mol. The molecule has 1 fully saturated rings. The number of unbranched alkanes of at least 4 members (excludes halogenated alkanes) is 2. The van der Waals surface area contributed by atoms with Crippen LogP contribution in [0.3, 0.4) is 0 Å². The Bertz CT molecular complexity index is 415. The van der Waals surface area contributed by atoms with Gasteiger partial charge >= 0.3 is 11.9 Å². The van der Waals surface area contributed by atoms with Gasteiger partial charge in [-0.25, -0.2) is 0 Å². The van der Waals surface area contributed by atoms with Gasteiger partial charge in [-0.05, 0) is 25.2 Å². The smallest absolute Gasteiger partial charge is 0.318 e. The average Bonchev–Trinajstić information content (AvgIpc) is 2.45. The molecule has 0 aromatic rings. The van der Waals surface area contributed by atoms with Crippen LogP contribution >= 0.6 is 0 Å². The number of carboxylic acid groups (broad SMARTS) is 2. The summed E-state index contributed by atoms with van der Waals surface area (Å²) in [6.07, 6.45) is 5.54. The van der Waals surface area contributed by atoms with Gasteiger partial charge in [0.1, 0.15) is 5.41 Å². The molecule has 5 heteroatoms. The highest BCUT2D eigenvalue weighted by atomic mass is 16.4. The number of carbonyl (C=O) groups is 3. The zero-order chi connectivity index (χ0) is 16.8. The van der Waals surface area contributed by atoms with Gasteiger partial charge < -0.3 is 10.2 Å². The minimum Gasteiger partial charge on any atom is -0.481 e. The average molecular weight is 312 g/mol. The van der Waals surface area contributed by atoms with Gasteiger partial charge in [0.25, 0.3) is 0 Å². The Hall–Kier alpha value is -1.39. The van der Waals surface area contributed by atoms with Crippen LogP contribution in [0.2, 0.25) is 0 Å². The third-order valence-corrected chi connectivity index (χ3v) is 4.77. The summed E-state index contributed by atoms with van der Waals surface area (Å²) in [5.41, 5.74) is -1.71. The van der Waals surface area contributed by atoms with Crippen LogP contribution in [0.5, 0.6) is 0 Å². The molecule has 0 saturated heterocycles. The third-order valence-electron chi connectivity index (χ3n) is 4.77. The Morgan fingerprint density at radius 1 is 1.09 bits per heavy atom. The highest BCUT2D eigenvalue weighted by Crippen LogP contribution is 2.43. The van der Waals surface area contributed by atoms with Crippen molar-refractivity contribution < 1.29 is 24.6 Å². The van der Waals surface area contributed by atoms with Gasteiger partial charge in [-0.2, -0.15) is 0 Å². The van der Waals surface area contributed by atoms with E-state index in [0.717, 1.165) is 19.3 Å². The summed E-state index contributed by atoms with van der Waals surface area (Å²) >= 11 is 0. The van der Waals surface area contributed by atoms with Gasteiger partial charge in [0.05, 0.1) is 5.92 Å². The van der Waals surface area contributed by atoms with E-state index in [1.54, 1.807) is 0 Å². The SMILES string of the molecule is CC(C)CCCCCC(=O)C1(C(=O)O)CCCCC1C(=O)O. The number of Topliss-reactive ketones (excluding diaryl/α,β-unsaturated/α-hetero) is 1. The molecule has 22 heavy (non-hydrogen) atoms. The van der Waals surface area contributed by atoms with E-state index in [1.807, 2.05) is 0 Å². The Morgan fingerprint density at radius 3 is 2.32 bits per heavy atom. The van der Waals surface area contributed by atoms with Crippen molar-refractivity contribution >= 4 is 17.7 Å². The molecule has 0 aromatic carbocycles. The maximum atomic E-state index is 12.5. The van der Waals surface area contributed by atoms with E-state index < -0.39 is 29.1 Å². The molecule has 0 bridgehead atoms. The summed E-state index contributed by atoms with van der Waals surface area (Å²) in [5, 5.41) is 18.9. The van der Waals surface area contributed by atoms with Crippen LogP contribution in [-0.2, 0) is 14.4 Å². The fraction of sp³-hybridized carbons (Fsp3) is 0.824. The zero-order valence-electron chi connectivity index (χ0n) is 13.6. The van der Waals surface area contributed by atoms with Crippen molar-refractivity contribution in [3.05, 3.63) is 0 Å². The lowest BCUT2D eigenvalue weighted by Gasteiger charge is -2.37. The quantitative estimate of drug-likeness (QED) is 0.502. The molecule has 126 valence electrons. The van der Waals surface area contributed by atoms with E-state index in [0.29, 0.717) is 25.2 Å². The normalized spacial score (nSPS) is 25.1. The first kappa shape index (κ1) is 18.7. The lowest BCUT2D eigenvalue weighted by Crippen LogP contribution is -2.50. The Morgan fingerprint density at radius 2 is 1.77 bits per heavy atom. The molecule has 0 aliphatic heterocycles. The van der Waals surface area contributed by atoms with Crippen molar-refractivity contribution in [2.45, 2.75) is 71.6 Å². The van der Waals surface area contributed by atoms with Gasteiger partial charge in [-0.3, -0.25) is 14.4 Å². The van der Waals surface area contributed by atoms with Crippen molar-refractivity contribution in [3.63, 3.8) is 0 Å². The molecule has 0 heterocycles. The number of rotatable bonds is 9. The summed E-state index contributed by atoms with van der Waals surface area (Å²) in [7, 11) is 0. The van der Waals surface area contributed by atoms with Crippen LogP contribution < -0.4 is 0 Å². The standard InChI is InChI=1S/C17H28O5/c1-12(2)8-4-3-5-10-14(18)17(16(21)22)11-7-6-9-13(17)15(19)20/h12-13H,3-11H2,1-2H3,(H,19,20)(H,21,22). The predicted molar refractivity (Wildman–Crippen MR) is 82.6 cm³/mol. The number of hydrogen-bond acceptors (Lipinski definition) is 3. The molecule has 1 aliphatic carbocycles. The Labute approximate surface area is 132 Å². The second kappa shape index (κ2) is 8.30.